The number of nitrogens with zero attached hydrogens (tertiary/aromatic N) is 1. The van der Waals surface area contributed by atoms with Gasteiger partial charge in [-0.25, -0.2) is 18.5 Å². The smallest absolute Gasteiger partial charge is 0.239 e. The van der Waals surface area contributed by atoms with Gasteiger partial charge in [-0.15, -0.1) is 0 Å². The SMILES string of the molecule is NS(=O)(=O)c1ccc(OC2CCCC2)nc1. The molecule has 0 unspecified atom stereocenters. The van der Waals surface area contributed by atoms with Crippen LogP contribution in [0.2, 0.25) is 0 Å². The van der Waals surface area contributed by atoms with E-state index in [1.807, 2.05) is 0 Å². The van der Waals surface area contributed by atoms with Gasteiger partial charge in [0.2, 0.25) is 15.9 Å². The van der Waals surface area contributed by atoms with Gasteiger partial charge in [0.25, 0.3) is 0 Å². The minimum absolute atomic E-state index is 0.00581. The van der Waals surface area contributed by atoms with E-state index in [0.717, 1.165) is 12.8 Å². The van der Waals surface area contributed by atoms with Crippen molar-refractivity contribution in [3.8, 4) is 5.88 Å². The zero-order valence-electron chi connectivity index (χ0n) is 8.80. The number of ether oxygens (including phenoxy) is 1. The summed E-state index contributed by atoms with van der Waals surface area (Å²) >= 11 is 0. The van der Waals surface area contributed by atoms with E-state index in [1.165, 1.54) is 31.2 Å². The second-order valence-electron chi connectivity index (χ2n) is 3.90. The van der Waals surface area contributed by atoms with Gasteiger partial charge < -0.3 is 4.74 Å². The minimum atomic E-state index is -3.66. The summed E-state index contributed by atoms with van der Waals surface area (Å²) in [6.07, 6.45) is 5.88. The Morgan fingerprint density at radius 3 is 2.50 bits per heavy atom. The average Bonchev–Trinajstić information content (AvgIpc) is 2.70. The number of sulfonamides is 1. The number of hydrogen-bond donors (Lipinski definition) is 1. The maximum absolute atomic E-state index is 11.0. The normalized spacial score (nSPS) is 17.6. The standard InChI is InChI=1S/C10H14N2O3S/c11-16(13,14)9-5-6-10(12-7-9)15-8-3-1-2-4-8/h5-8H,1-4H2,(H2,11,13,14). The maximum atomic E-state index is 11.0. The molecule has 1 fully saturated rings. The van der Waals surface area contributed by atoms with Crippen LogP contribution < -0.4 is 9.88 Å². The molecule has 0 aliphatic heterocycles. The monoisotopic (exact) mass is 242 g/mol. The summed E-state index contributed by atoms with van der Waals surface area (Å²) in [4.78, 5) is 3.93. The highest BCUT2D eigenvalue weighted by atomic mass is 32.2. The Labute approximate surface area is 94.7 Å². The Kier molecular flexibility index (Phi) is 3.11. The minimum Gasteiger partial charge on any atom is -0.474 e. The van der Waals surface area contributed by atoms with Gasteiger partial charge in [0.1, 0.15) is 11.0 Å². The van der Waals surface area contributed by atoms with Crippen molar-refractivity contribution in [3.63, 3.8) is 0 Å². The van der Waals surface area contributed by atoms with E-state index in [4.69, 9.17) is 9.88 Å². The van der Waals surface area contributed by atoms with Crippen molar-refractivity contribution in [3.05, 3.63) is 18.3 Å². The lowest BCUT2D eigenvalue weighted by molar-refractivity contribution is 0.201. The summed E-state index contributed by atoms with van der Waals surface area (Å²) in [6.45, 7) is 0. The van der Waals surface area contributed by atoms with Gasteiger partial charge in [-0.3, -0.25) is 0 Å². The zero-order chi connectivity index (χ0) is 11.6. The van der Waals surface area contributed by atoms with Crippen molar-refractivity contribution in [1.29, 1.82) is 0 Å². The van der Waals surface area contributed by atoms with Crippen LogP contribution in [0.1, 0.15) is 25.7 Å². The molecular formula is C10H14N2O3S. The summed E-state index contributed by atoms with van der Waals surface area (Å²) in [5.41, 5.74) is 0. The average molecular weight is 242 g/mol. The molecule has 2 N–H and O–H groups in total. The molecule has 1 aromatic heterocycles. The molecule has 88 valence electrons. The van der Waals surface area contributed by atoms with E-state index in [2.05, 4.69) is 4.98 Å². The van der Waals surface area contributed by atoms with Crippen LogP contribution in [0.4, 0.5) is 0 Å². The van der Waals surface area contributed by atoms with Gasteiger partial charge in [-0.2, -0.15) is 0 Å². The molecule has 6 heteroatoms. The van der Waals surface area contributed by atoms with Crippen LogP contribution in [0, 0.1) is 0 Å². The molecule has 0 amide bonds. The third-order valence-electron chi connectivity index (χ3n) is 2.63. The highest BCUT2D eigenvalue weighted by Gasteiger charge is 2.17. The number of hydrogen-bond acceptors (Lipinski definition) is 4. The van der Waals surface area contributed by atoms with Gasteiger partial charge >= 0.3 is 0 Å². The predicted molar refractivity (Wildman–Crippen MR) is 58.5 cm³/mol. The van der Waals surface area contributed by atoms with Crippen molar-refractivity contribution in [2.24, 2.45) is 5.14 Å². The second kappa shape index (κ2) is 4.39. The number of primary sulfonamides is 1. The van der Waals surface area contributed by atoms with Gasteiger partial charge in [0, 0.05) is 6.07 Å². The van der Waals surface area contributed by atoms with E-state index >= 15 is 0 Å². The highest BCUT2D eigenvalue weighted by Crippen LogP contribution is 2.23. The molecule has 1 aromatic rings. The van der Waals surface area contributed by atoms with Gasteiger partial charge in [-0.1, -0.05) is 0 Å². The quantitative estimate of drug-likeness (QED) is 0.858. The molecule has 1 saturated carbocycles. The maximum Gasteiger partial charge on any atom is 0.239 e. The van der Waals surface area contributed by atoms with Gasteiger partial charge in [0.05, 0.1) is 6.20 Å². The lowest BCUT2D eigenvalue weighted by Crippen LogP contribution is -2.14. The predicted octanol–water partition coefficient (Wildman–Crippen LogP) is 1.05. The summed E-state index contributed by atoms with van der Waals surface area (Å²) < 4.78 is 27.6. The Hall–Kier alpha value is -1.14. The Morgan fingerprint density at radius 2 is 2.00 bits per heavy atom. The Balaban J connectivity index is 2.07. The van der Waals surface area contributed by atoms with Crippen LogP contribution >= 0.6 is 0 Å². The molecular weight excluding hydrogens is 228 g/mol. The van der Waals surface area contributed by atoms with Crippen LogP contribution in [0.15, 0.2) is 23.2 Å². The van der Waals surface area contributed by atoms with E-state index in [0.29, 0.717) is 5.88 Å². The van der Waals surface area contributed by atoms with E-state index < -0.39 is 10.0 Å². The summed E-state index contributed by atoms with van der Waals surface area (Å²) in [5, 5.41) is 4.96. The Bertz CT molecular complexity index is 449. The molecule has 2 rings (SSSR count). The van der Waals surface area contributed by atoms with E-state index in [-0.39, 0.29) is 11.0 Å². The summed E-state index contributed by atoms with van der Waals surface area (Å²) in [6, 6.07) is 2.95. The van der Waals surface area contributed by atoms with Gasteiger partial charge in [-0.05, 0) is 31.7 Å². The largest absolute Gasteiger partial charge is 0.474 e. The topological polar surface area (TPSA) is 82.3 Å². The third-order valence-corrected chi connectivity index (χ3v) is 3.53. The first-order valence-electron chi connectivity index (χ1n) is 5.21. The molecule has 0 saturated heterocycles. The molecule has 0 bridgehead atoms. The molecule has 1 aliphatic carbocycles. The molecule has 0 atom stereocenters. The molecule has 1 aliphatic rings. The lowest BCUT2D eigenvalue weighted by atomic mass is 10.3. The summed E-state index contributed by atoms with van der Waals surface area (Å²) in [7, 11) is -3.66. The fourth-order valence-electron chi connectivity index (χ4n) is 1.78. The molecule has 16 heavy (non-hydrogen) atoms. The highest BCUT2D eigenvalue weighted by molar-refractivity contribution is 7.89. The van der Waals surface area contributed by atoms with Gasteiger partial charge in [0.15, 0.2) is 0 Å². The van der Waals surface area contributed by atoms with Crippen LogP contribution in [-0.4, -0.2) is 19.5 Å². The molecule has 1 heterocycles. The molecule has 5 nitrogen and oxygen atoms in total. The lowest BCUT2D eigenvalue weighted by Gasteiger charge is -2.11. The number of pyridine rings is 1. The molecule has 0 aromatic carbocycles. The van der Waals surface area contributed by atoms with Crippen LogP contribution in [0.5, 0.6) is 5.88 Å². The van der Waals surface area contributed by atoms with Crippen LogP contribution in [-0.2, 0) is 10.0 Å². The van der Waals surface area contributed by atoms with Crippen molar-refractivity contribution in [2.45, 2.75) is 36.7 Å². The fraction of sp³-hybridized carbons (Fsp3) is 0.500. The Morgan fingerprint density at radius 1 is 1.31 bits per heavy atom. The van der Waals surface area contributed by atoms with Crippen molar-refractivity contribution >= 4 is 10.0 Å². The number of nitrogens with two attached hydrogens (primary N) is 1. The van der Waals surface area contributed by atoms with Crippen LogP contribution in [0.3, 0.4) is 0 Å². The van der Waals surface area contributed by atoms with Crippen LogP contribution in [0.25, 0.3) is 0 Å². The zero-order valence-corrected chi connectivity index (χ0v) is 9.61. The first-order valence-corrected chi connectivity index (χ1v) is 6.76. The van der Waals surface area contributed by atoms with E-state index in [1.54, 1.807) is 0 Å². The van der Waals surface area contributed by atoms with Crippen molar-refractivity contribution < 1.29 is 13.2 Å². The van der Waals surface area contributed by atoms with Crippen molar-refractivity contribution in [1.82, 2.24) is 4.98 Å². The summed E-state index contributed by atoms with van der Waals surface area (Å²) in [5.74, 6) is 0.458. The number of aromatic nitrogens is 1. The second-order valence-corrected chi connectivity index (χ2v) is 5.46. The number of rotatable bonds is 3. The first kappa shape index (κ1) is 11.3. The third kappa shape index (κ3) is 2.70. The van der Waals surface area contributed by atoms with Crippen molar-refractivity contribution in [2.75, 3.05) is 0 Å². The van der Waals surface area contributed by atoms with E-state index in [9.17, 15) is 8.42 Å². The fourth-order valence-corrected chi connectivity index (χ4v) is 2.24. The molecule has 0 spiro atoms. The first-order chi connectivity index (χ1) is 7.55. The molecule has 0 radical (unpaired) electrons.